The van der Waals surface area contributed by atoms with Crippen LogP contribution in [0.1, 0.15) is 18.9 Å². The molecule has 2 aromatic rings. The van der Waals surface area contributed by atoms with Crippen LogP contribution in [0, 0.1) is 10.1 Å². The second-order valence-electron chi connectivity index (χ2n) is 4.48. The molecule has 0 radical (unpaired) electrons. The number of ether oxygens (including phenoxy) is 1. The molecular weight excluding hydrogens is 288 g/mol. The number of benzene rings is 1. The Labute approximate surface area is 125 Å². The zero-order valence-corrected chi connectivity index (χ0v) is 11.9. The summed E-state index contributed by atoms with van der Waals surface area (Å²) in [4.78, 5) is 36.0. The van der Waals surface area contributed by atoms with Crippen LogP contribution in [0.4, 0.5) is 5.69 Å². The minimum Gasteiger partial charge on any atom is -0.466 e. The highest BCUT2D eigenvalue weighted by Gasteiger charge is 2.14. The van der Waals surface area contributed by atoms with Crippen LogP contribution in [0.5, 0.6) is 0 Å². The van der Waals surface area contributed by atoms with E-state index in [1.807, 2.05) is 0 Å². The van der Waals surface area contributed by atoms with Crippen LogP contribution in [0.15, 0.2) is 35.3 Å². The summed E-state index contributed by atoms with van der Waals surface area (Å²) in [5.41, 5.74) is 0.0421. The summed E-state index contributed by atoms with van der Waals surface area (Å²) >= 11 is 0. The molecule has 0 bridgehead atoms. The zero-order valence-electron chi connectivity index (χ0n) is 11.9. The van der Waals surface area contributed by atoms with E-state index in [2.05, 4.69) is 4.98 Å². The molecule has 0 aliphatic heterocycles. The summed E-state index contributed by atoms with van der Waals surface area (Å²) in [7, 11) is 0. The Morgan fingerprint density at radius 2 is 2.23 bits per heavy atom. The van der Waals surface area contributed by atoms with Crippen molar-refractivity contribution in [3.63, 3.8) is 0 Å². The van der Waals surface area contributed by atoms with Gasteiger partial charge in [-0.2, -0.15) is 0 Å². The molecule has 1 aromatic heterocycles. The predicted molar refractivity (Wildman–Crippen MR) is 81.5 cm³/mol. The fraction of sp³-hybridized carbons (Fsp3) is 0.200. The number of pyridine rings is 1. The predicted octanol–water partition coefficient (Wildman–Crippen LogP) is 2.40. The number of hydrogen-bond donors (Lipinski definition) is 1. The fourth-order valence-corrected chi connectivity index (χ4v) is 1.98. The van der Waals surface area contributed by atoms with Gasteiger partial charge in [-0.1, -0.05) is 18.2 Å². The number of aromatic amines is 1. The van der Waals surface area contributed by atoms with E-state index in [9.17, 15) is 19.7 Å². The maximum Gasteiger partial charge on any atom is 0.332 e. The number of carbonyl (C=O) groups is 1. The number of aromatic nitrogens is 1. The van der Waals surface area contributed by atoms with Crippen LogP contribution < -0.4 is 5.43 Å². The van der Waals surface area contributed by atoms with Crippen LogP contribution in [0.3, 0.4) is 0 Å². The van der Waals surface area contributed by atoms with E-state index in [0.29, 0.717) is 17.7 Å². The molecular formula is C15H14N2O5. The van der Waals surface area contributed by atoms with Crippen molar-refractivity contribution in [3.05, 3.63) is 56.4 Å². The molecule has 7 heteroatoms. The lowest BCUT2D eigenvalue weighted by atomic mass is 10.1. The number of rotatable bonds is 5. The van der Waals surface area contributed by atoms with Gasteiger partial charge in [0.25, 0.3) is 5.43 Å². The van der Waals surface area contributed by atoms with E-state index in [4.69, 9.17) is 4.74 Å². The molecule has 0 atom stereocenters. The highest BCUT2D eigenvalue weighted by Crippen LogP contribution is 2.15. The number of H-pyrrole nitrogens is 1. The van der Waals surface area contributed by atoms with Gasteiger partial charge >= 0.3 is 11.7 Å². The van der Waals surface area contributed by atoms with Crippen molar-refractivity contribution in [2.75, 3.05) is 6.61 Å². The second kappa shape index (κ2) is 6.66. The van der Waals surface area contributed by atoms with E-state index in [0.717, 1.165) is 6.20 Å². The Morgan fingerprint density at radius 1 is 1.45 bits per heavy atom. The van der Waals surface area contributed by atoms with Gasteiger partial charge in [-0.25, -0.2) is 0 Å². The van der Waals surface area contributed by atoms with Crippen LogP contribution in [0.25, 0.3) is 17.0 Å². The maximum atomic E-state index is 12.0. The minimum absolute atomic E-state index is 0.122. The monoisotopic (exact) mass is 302 g/mol. The first kappa shape index (κ1) is 15.4. The van der Waals surface area contributed by atoms with Crippen molar-refractivity contribution in [2.45, 2.75) is 13.3 Å². The fourth-order valence-electron chi connectivity index (χ4n) is 1.98. The first-order chi connectivity index (χ1) is 10.5. The van der Waals surface area contributed by atoms with Gasteiger partial charge in [0.1, 0.15) is 0 Å². The number of esters is 1. The molecule has 0 unspecified atom stereocenters. The standard InChI is InChI=1S/C15H14N2O5/c1-2-22-14(18)5-3-4-10-6-7-12-11(8-10)15(19)13(9-16-12)17(20)21/h3-4,6-9H,2,5H2,1H3,(H,16,19). The average molecular weight is 302 g/mol. The lowest BCUT2D eigenvalue weighted by Gasteiger charge is -2.00. The molecule has 0 amide bonds. The third-order valence-electron chi connectivity index (χ3n) is 2.98. The Kier molecular flexibility index (Phi) is 4.67. The number of carbonyl (C=O) groups excluding carboxylic acids is 1. The second-order valence-corrected chi connectivity index (χ2v) is 4.48. The van der Waals surface area contributed by atoms with Crippen molar-refractivity contribution in [1.29, 1.82) is 0 Å². The van der Waals surface area contributed by atoms with E-state index >= 15 is 0 Å². The first-order valence-electron chi connectivity index (χ1n) is 6.65. The summed E-state index contributed by atoms with van der Waals surface area (Å²) in [6.07, 6.45) is 4.48. The van der Waals surface area contributed by atoms with Crippen molar-refractivity contribution in [1.82, 2.24) is 4.98 Å². The summed E-state index contributed by atoms with van der Waals surface area (Å²) in [5, 5.41) is 11.0. The molecule has 0 saturated heterocycles. The number of nitrogens with one attached hydrogen (secondary N) is 1. The number of nitrogens with zero attached hydrogens (tertiary/aromatic N) is 1. The molecule has 1 heterocycles. The van der Waals surface area contributed by atoms with Crippen molar-refractivity contribution in [2.24, 2.45) is 0 Å². The van der Waals surface area contributed by atoms with Gasteiger partial charge in [0.05, 0.1) is 29.5 Å². The van der Waals surface area contributed by atoms with E-state index in [1.54, 1.807) is 37.3 Å². The lowest BCUT2D eigenvalue weighted by Crippen LogP contribution is -2.09. The van der Waals surface area contributed by atoms with Crippen LogP contribution in [0.2, 0.25) is 0 Å². The van der Waals surface area contributed by atoms with Crippen molar-refractivity contribution < 1.29 is 14.5 Å². The number of nitro groups is 1. The molecule has 0 fully saturated rings. The van der Waals surface area contributed by atoms with Crippen LogP contribution >= 0.6 is 0 Å². The maximum absolute atomic E-state index is 12.0. The van der Waals surface area contributed by atoms with Crippen LogP contribution in [-0.4, -0.2) is 22.5 Å². The molecule has 0 spiro atoms. The largest absolute Gasteiger partial charge is 0.466 e. The third-order valence-corrected chi connectivity index (χ3v) is 2.98. The topological polar surface area (TPSA) is 102 Å². The van der Waals surface area contributed by atoms with E-state index < -0.39 is 16.0 Å². The van der Waals surface area contributed by atoms with Gasteiger partial charge in [-0.15, -0.1) is 0 Å². The molecule has 0 aliphatic rings. The number of fused-ring (bicyclic) bond motifs is 1. The van der Waals surface area contributed by atoms with Gasteiger partial charge in [0, 0.05) is 5.52 Å². The Bertz CT molecular complexity index is 807. The Balaban J connectivity index is 2.31. The summed E-state index contributed by atoms with van der Waals surface area (Å²) in [6.45, 7) is 2.05. The van der Waals surface area contributed by atoms with E-state index in [1.165, 1.54) is 0 Å². The highest BCUT2D eigenvalue weighted by atomic mass is 16.6. The van der Waals surface area contributed by atoms with Gasteiger partial charge in [-0.3, -0.25) is 19.7 Å². The summed E-state index contributed by atoms with van der Waals surface area (Å²) in [5.74, 6) is -0.340. The first-order valence-corrected chi connectivity index (χ1v) is 6.65. The smallest absolute Gasteiger partial charge is 0.332 e. The summed E-state index contributed by atoms with van der Waals surface area (Å²) < 4.78 is 4.79. The van der Waals surface area contributed by atoms with Gasteiger partial charge < -0.3 is 9.72 Å². The Hall–Kier alpha value is -2.96. The van der Waals surface area contributed by atoms with Crippen LogP contribution in [-0.2, 0) is 9.53 Å². The SMILES string of the molecule is CCOC(=O)CC=Cc1ccc2[nH]cc([N+](=O)[O-])c(=O)c2c1. The molecule has 1 N–H and O–H groups in total. The van der Waals surface area contributed by atoms with E-state index in [-0.39, 0.29) is 17.8 Å². The highest BCUT2D eigenvalue weighted by molar-refractivity contribution is 5.83. The van der Waals surface area contributed by atoms with Gasteiger partial charge in [-0.05, 0) is 24.6 Å². The average Bonchev–Trinajstić information content (AvgIpc) is 2.48. The quantitative estimate of drug-likeness (QED) is 0.519. The zero-order chi connectivity index (χ0) is 16.1. The molecule has 2 rings (SSSR count). The van der Waals surface area contributed by atoms with Crippen molar-refractivity contribution in [3.8, 4) is 0 Å². The Morgan fingerprint density at radius 3 is 2.91 bits per heavy atom. The number of hydrogen-bond acceptors (Lipinski definition) is 5. The van der Waals surface area contributed by atoms with Gasteiger partial charge in [0.2, 0.25) is 0 Å². The third kappa shape index (κ3) is 3.38. The molecule has 22 heavy (non-hydrogen) atoms. The minimum atomic E-state index is -0.721. The molecule has 7 nitrogen and oxygen atoms in total. The molecule has 1 aromatic carbocycles. The molecule has 0 saturated carbocycles. The van der Waals surface area contributed by atoms with Gasteiger partial charge in [0.15, 0.2) is 0 Å². The lowest BCUT2D eigenvalue weighted by molar-refractivity contribution is -0.386. The summed E-state index contributed by atoms with van der Waals surface area (Å²) in [6, 6.07) is 4.94. The normalized spacial score (nSPS) is 11.0. The molecule has 0 aliphatic carbocycles. The van der Waals surface area contributed by atoms with Crippen molar-refractivity contribution >= 4 is 28.6 Å². The molecule has 114 valence electrons.